The Morgan fingerprint density at radius 3 is 2.58 bits per heavy atom. The van der Waals surface area contributed by atoms with E-state index in [0.717, 1.165) is 47.2 Å². The first kappa shape index (κ1) is 17.3. The van der Waals surface area contributed by atoms with Crippen molar-refractivity contribution in [3.05, 3.63) is 63.2 Å². The molecule has 1 amide bonds. The van der Waals surface area contributed by atoms with Crippen molar-refractivity contribution in [2.24, 2.45) is 0 Å². The van der Waals surface area contributed by atoms with Crippen LogP contribution in [0.4, 0.5) is 0 Å². The summed E-state index contributed by atoms with van der Waals surface area (Å²) in [6, 6.07) is 16.1. The highest BCUT2D eigenvalue weighted by Crippen LogP contribution is 2.29. The van der Waals surface area contributed by atoms with Crippen molar-refractivity contribution in [1.29, 1.82) is 0 Å². The number of nitrogens with zero attached hydrogens (tertiary/aromatic N) is 1. The molecule has 2 aromatic carbocycles. The molecule has 0 aliphatic carbocycles. The smallest absolute Gasteiger partial charge is 0.254 e. The number of amides is 1. The van der Waals surface area contributed by atoms with Gasteiger partial charge in [0.05, 0.1) is 12.7 Å². The van der Waals surface area contributed by atoms with Crippen LogP contribution in [0, 0.1) is 3.57 Å². The molecule has 0 bridgehead atoms. The molecule has 0 aromatic heterocycles. The normalized spacial score (nSPS) is 18.1. The van der Waals surface area contributed by atoms with E-state index in [9.17, 15) is 4.79 Å². The third-order valence-electron chi connectivity index (χ3n) is 4.65. The Balaban J connectivity index is 1.79. The summed E-state index contributed by atoms with van der Waals surface area (Å²) in [5.41, 5.74) is 2.10. The number of halogens is 1. The first-order valence-corrected chi connectivity index (χ1v) is 9.44. The fourth-order valence-electron chi connectivity index (χ4n) is 3.28. The first-order chi connectivity index (χ1) is 11.7. The molecular weight excluding hydrogens is 413 g/mol. The van der Waals surface area contributed by atoms with Crippen molar-refractivity contribution in [2.45, 2.75) is 25.2 Å². The maximum Gasteiger partial charge on any atom is 0.254 e. The summed E-state index contributed by atoms with van der Waals surface area (Å²) >= 11 is 2.24. The Bertz CT molecular complexity index is 699. The van der Waals surface area contributed by atoms with Gasteiger partial charge in [0.1, 0.15) is 5.75 Å². The number of likely N-dealkylation sites (tertiary alicyclic amines) is 1. The van der Waals surface area contributed by atoms with Crippen LogP contribution in [0.1, 0.15) is 41.1 Å². The van der Waals surface area contributed by atoms with Gasteiger partial charge in [-0.1, -0.05) is 30.7 Å². The highest BCUT2D eigenvalue weighted by Gasteiger charge is 2.24. The van der Waals surface area contributed by atoms with Crippen LogP contribution in [-0.4, -0.2) is 31.0 Å². The molecule has 0 N–H and O–H groups in total. The number of hydrogen-bond donors (Lipinski definition) is 0. The van der Waals surface area contributed by atoms with Crippen molar-refractivity contribution < 1.29 is 9.53 Å². The zero-order valence-corrected chi connectivity index (χ0v) is 16.0. The van der Waals surface area contributed by atoms with Gasteiger partial charge >= 0.3 is 0 Å². The van der Waals surface area contributed by atoms with Gasteiger partial charge in [-0.15, -0.1) is 0 Å². The summed E-state index contributed by atoms with van der Waals surface area (Å²) in [7, 11) is 1.68. The molecule has 1 aliphatic rings. The van der Waals surface area contributed by atoms with Gasteiger partial charge in [-0.05, 0) is 65.3 Å². The lowest BCUT2D eigenvalue weighted by Crippen LogP contribution is -2.34. The minimum absolute atomic E-state index is 0.153. The van der Waals surface area contributed by atoms with Crippen LogP contribution in [0.3, 0.4) is 0 Å². The maximum absolute atomic E-state index is 13.0. The van der Waals surface area contributed by atoms with E-state index in [0.29, 0.717) is 5.92 Å². The van der Waals surface area contributed by atoms with E-state index in [1.54, 1.807) is 7.11 Å². The summed E-state index contributed by atoms with van der Waals surface area (Å²) in [6.07, 6.45) is 3.36. The van der Waals surface area contributed by atoms with E-state index in [1.165, 1.54) is 5.56 Å². The Kier molecular flexibility index (Phi) is 5.76. The maximum atomic E-state index is 13.0. The van der Waals surface area contributed by atoms with Gasteiger partial charge in [0.2, 0.25) is 0 Å². The fraction of sp³-hybridized carbons (Fsp3) is 0.350. The molecule has 0 spiro atoms. The molecule has 1 atom stereocenters. The summed E-state index contributed by atoms with van der Waals surface area (Å²) in [6.45, 7) is 1.63. The number of benzene rings is 2. The average molecular weight is 435 g/mol. The monoisotopic (exact) mass is 435 g/mol. The van der Waals surface area contributed by atoms with Gasteiger partial charge in [0.15, 0.2) is 0 Å². The van der Waals surface area contributed by atoms with E-state index in [1.807, 2.05) is 41.3 Å². The SMILES string of the molecule is COc1ccc(C2CCCCN(C(=O)c3ccccc3I)C2)cc1. The molecule has 1 heterocycles. The predicted octanol–water partition coefficient (Wildman–Crippen LogP) is 4.71. The fourth-order valence-corrected chi connectivity index (χ4v) is 3.90. The Labute approximate surface area is 157 Å². The van der Waals surface area contributed by atoms with Crippen LogP contribution in [0.2, 0.25) is 0 Å². The Morgan fingerprint density at radius 1 is 1.12 bits per heavy atom. The third-order valence-corrected chi connectivity index (χ3v) is 5.59. The second-order valence-electron chi connectivity index (χ2n) is 6.20. The number of ether oxygens (including phenoxy) is 1. The molecule has 24 heavy (non-hydrogen) atoms. The lowest BCUT2D eigenvalue weighted by molar-refractivity contribution is 0.0753. The second kappa shape index (κ2) is 8.01. The largest absolute Gasteiger partial charge is 0.497 e. The van der Waals surface area contributed by atoms with Crippen LogP contribution < -0.4 is 4.74 Å². The first-order valence-electron chi connectivity index (χ1n) is 8.37. The molecule has 4 heteroatoms. The summed E-state index contributed by atoms with van der Waals surface area (Å²) in [5.74, 6) is 1.42. The molecule has 3 nitrogen and oxygen atoms in total. The number of rotatable bonds is 3. The Morgan fingerprint density at radius 2 is 1.88 bits per heavy atom. The van der Waals surface area contributed by atoms with Gasteiger partial charge in [-0.25, -0.2) is 0 Å². The quantitative estimate of drug-likeness (QED) is 0.654. The molecule has 126 valence electrons. The second-order valence-corrected chi connectivity index (χ2v) is 7.36. The van der Waals surface area contributed by atoms with Crippen LogP contribution >= 0.6 is 22.6 Å². The number of methoxy groups -OCH3 is 1. The van der Waals surface area contributed by atoms with Crippen molar-refractivity contribution in [3.8, 4) is 5.75 Å². The van der Waals surface area contributed by atoms with Crippen molar-refractivity contribution >= 4 is 28.5 Å². The highest BCUT2D eigenvalue weighted by atomic mass is 127. The zero-order valence-electron chi connectivity index (χ0n) is 13.9. The van der Waals surface area contributed by atoms with Gasteiger partial charge < -0.3 is 9.64 Å². The highest BCUT2D eigenvalue weighted by molar-refractivity contribution is 14.1. The van der Waals surface area contributed by atoms with E-state index in [2.05, 4.69) is 34.7 Å². The molecule has 0 radical (unpaired) electrons. The van der Waals surface area contributed by atoms with Gasteiger partial charge in [-0.2, -0.15) is 0 Å². The Hall–Kier alpha value is -1.56. The van der Waals surface area contributed by atoms with E-state index < -0.39 is 0 Å². The minimum Gasteiger partial charge on any atom is -0.497 e. The standard InChI is InChI=1S/C20H22INO2/c1-24-17-11-9-15(10-12-17)16-6-4-5-13-22(14-16)20(23)18-7-2-3-8-19(18)21/h2-3,7-12,16H,4-6,13-14H2,1H3. The van der Waals surface area contributed by atoms with Crippen molar-refractivity contribution in [1.82, 2.24) is 4.90 Å². The lowest BCUT2D eigenvalue weighted by Gasteiger charge is -2.25. The molecule has 3 rings (SSSR count). The molecule has 1 fully saturated rings. The predicted molar refractivity (Wildman–Crippen MR) is 105 cm³/mol. The van der Waals surface area contributed by atoms with Crippen molar-refractivity contribution in [2.75, 3.05) is 20.2 Å². The van der Waals surface area contributed by atoms with Gasteiger partial charge in [0.25, 0.3) is 5.91 Å². The number of hydrogen-bond acceptors (Lipinski definition) is 2. The van der Waals surface area contributed by atoms with Crippen LogP contribution in [0.25, 0.3) is 0 Å². The van der Waals surface area contributed by atoms with E-state index in [4.69, 9.17) is 4.74 Å². The minimum atomic E-state index is 0.153. The lowest BCUT2D eigenvalue weighted by atomic mass is 9.94. The average Bonchev–Trinajstić information content (AvgIpc) is 2.88. The summed E-state index contributed by atoms with van der Waals surface area (Å²) in [5, 5.41) is 0. The topological polar surface area (TPSA) is 29.5 Å². The van der Waals surface area contributed by atoms with Gasteiger partial charge in [-0.3, -0.25) is 4.79 Å². The number of carbonyl (C=O) groups excluding carboxylic acids is 1. The summed E-state index contributed by atoms with van der Waals surface area (Å²) in [4.78, 5) is 15.0. The molecular formula is C20H22INO2. The van der Waals surface area contributed by atoms with Crippen LogP contribution in [0.5, 0.6) is 5.75 Å². The zero-order chi connectivity index (χ0) is 16.9. The van der Waals surface area contributed by atoms with E-state index >= 15 is 0 Å². The molecule has 0 saturated carbocycles. The van der Waals surface area contributed by atoms with Crippen molar-refractivity contribution in [3.63, 3.8) is 0 Å². The van der Waals surface area contributed by atoms with Crippen LogP contribution in [0.15, 0.2) is 48.5 Å². The molecule has 1 unspecified atom stereocenters. The summed E-state index contributed by atoms with van der Waals surface area (Å²) < 4.78 is 6.27. The van der Waals surface area contributed by atoms with E-state index in [-0.39, 0.29) is 5.91 Å². The molecule has 2 aromatic rings. The van der Waals surface area contributed by atoms with Gasteiger partial charge in [0, 0.05) is 22.6 Å². The molecule has 1 saturated heterocycles. The third kappa shape index (κ3) is 3.91. The van der Waals surface area contributed by atoms with Crippen LogP contribution in [-0.2, 0) is 0 Å². The molecule has 1 aliphatic heterocycles. The number of carbonyl (C=O) groups is 1.